The normalized spacial score (nSPS) is 19.9. The number of rotatable bonds is 4. The zero-order valence-electron chi connectivity index (χ0n) is 15.3. The molecule has 0 saturated carbocycles. The second kappa shape index (κ2) is 6.81. The number of aryl methyl sites for hydroxylation is 2. The fraction of sp³-hybridized carbons (Fsp3) is 0.455. The van der Waals surface area contributed by atoms with Gasteiger partial charge in [-0.3, -0.25) is 4.90 Å². The van der Waals surface area contributed by atoms with Gasteiger partial charge in [-0.25, -0.2) is 0 Å². The number of ether oxygens (including phenoxy) is 1. The van der Waals surface area contributed by atoms with Crippen LogP contribution in [0.15, 0.2) is 30.3 Å². The summed E-state index contributed by atoms with van der Waals surface area (Å²) in [5.74, 6) is 1.04. The Morgan fingerprint density at radius 3 is 2.56 bits per heavy atom. The molecule has 0 bridgehead atoms. The van der Waals surface area contributed by atoms with Gasteiger partial charge in [-0.2, -0.15) is 0 Å². The minimum Gasteiger partial charge on any atom is -0.488 e. The predicted molar refractivity (Wildman–Crippen MR) is 103 cm³/mol. The molecule has 2 aliphatic heterocycles. The molecular formula is C22H28N2O. The first-order valence-electron chi connectivity index (χ1n) is 9.46. The molecule has 1 saturated heterocycles. The lowest BCUT2D eigenvalue weighted by atomic mass is 9.95. The van der Waals surface area contributed by atoms with E-state index in [1.807, 2.05) is 0 Å². The predicted octanol–water partition coefficient (Wildman–Crippen LogP) is 3.83. The van der Waals surface area contributed by atoms with Crippen molar-refractivity contribution in [1.29, 1.82) is 0 Å². The molecule has 25 heavy (non-hydrogen) atoms. The molecule has 3 heteroatoms. The quantitative estimate of drug-likeness (QED) is 0.922. The van der Waals surface area contributed by atoms with Gasteiger partial charge in [-0.05, 0) is 74.2 Å². The third kappa shape index (κ3) is 3.44. The van der Waals surface area contributed by atoms with Crippen LogP contribution in [-0.2, 0) is 13.0 Å². The van der Waals surface area contributed by atoms with Gasteiger partial charge < -0.3 is 10.5 Å². The number of fused-ring (bicyclic) bond motifs is 1. The maximum Gasteiger partial charge on any atom is 0.130 e. The first-order valence-corrected chi connectivity index (χ1v) is 9.46. The molecule has 2 aromatic carbocycles. The molecule has 1 atom stereocenters. The van der Waals surface area contributed by atoms with Crippen molar-refractivity contribution in [1.82, 2.24) is 4.90 Å². The van der Waals surface area contributed by atoms with Crippen LogP contribution in [-0.4, -0.2) is 30.6 Å². The molecule has 0 amide bonds. The maximum absolute atomic E-state index is 6.17. The topological polar surface area (TPSA) is 38.5 Å². The number of benzene rings is 2. The second-order valence-corrected chi connectivity index (χ2v) is 7.67. The summed E-state index contributed by atoms with van der Waals surface area (Å²) in [6.45, 7) is 8.43. The molecular weight excluding hydrogens is 308 g/mol. The molecule has 1 fully saturated rings. The van der Waals surface area contributed by atoms with Crippen LogP contribution in [0.4, 0.5) is 0 Å². The highest BCUT2D eigenvalue weighted by Gasteiger charge is 2.25. The lowest BCUT2D eigenvalue weighted by Gasteiger charge is -2.17. The number of hydrogen-bond donors (Lipinski definition) is 1. The molecule has 2 N–H and O–H groups in total. The van der Waals surface area contributed by atoms with Gasteiger partial charge >= 0.3 is 0 Å². The van der Waals surface area contributed by atoms with Gasteiger partial charge in [0, 0.05) is 25.1 Å². The van der Waals surface area contributed by atoms with Crippen LogP contribution in [0.5, 0.6) is 5.75 Å². The zero-order chi connectivity index (χ0) is 17.4. The van der Waals surface area contributed by atoms with Gasteiger partial charge in [0.2, 0.25) is 0 Å². The third-order valence-corrected chi connectivity index (χ3v) is 5.36. The summed E-state index contributed by atoms with van der Waals surface area (Å²) in [5.41, 5.74) is 13.6. The summed E-state index contributed by atoms with van der Waals surface area (Å²) >= 11 is 0. The number of likely N-dealkylation sites (tertiary alicyclic amines) is 1. The van der Waals surface area contributed by atoms with Crippen molar-refractivity contribution >= 4 is 0 Å². The summed E-state index contributed by atoms with van der Waals surface area (Å²) in [6, 6.07) is 11.4. The molecule has 2 aliphatic rings. The van der Waals surface area contributed by atoms with Gasteiger partial charge in [0.15, 0.2) is 0 Å². The molecule has 0 unspecified atom stereocenters. The van der Waals surface area contributed by atoms with Gasteiger partial charge in [-0.1, -0.05) is 23.8 Å². The number of nitrogens with two attached hydrogens (primary N) is 1. The fourth-order valence-electron chi connectivity index (χ4n) is 4.25. The van der Waals surface area contributed by atoms with Crippen LogP contribution in [0.3, 0.4) is 0 Å². The summed E-state index contributed by atoms with van der Waals surface area (Å²) in [7, 11) is 0. The molecule has 0 radical (unpaired) electrons. The molecule has 0 spiro atoms. The summed E-state index contributed by atoms with van der Waals surface area (Å²) in [6.07, 6.45) is 3.70. The monoisotopic (exact) mass is 336 g/mol. The van der Waals surface area contributed by atoms with E-state index in [0.29, 0.717) is 6.54 Å². The largest absolute Gasteiger partial charge is 0.488 e. The van der Waals surface area contributed by atoms with Crippen molar-refractivity contribution in [3.05, 3.63) is 52.6 Å². The molecule has 132 valence electrons. The van der Waals surface area contributed by atoms with Crippen molar-refractivity contribution in [2.45, 2.75) is 45.8 Å². The van der Waals surface area contributed by atoms with Crippen molar-refractivity contribution in [2.24, 2.45) is 5.73 Å². The van der Waals surface area contributed by atoms with E-state index in [1.165, 1.54) is 59.3 Å². The molecule has 0 aromatic heterocycles. The molecule has 2 heterocycles. The Morgan fingerprint density at radius 2 is 1.80 bits per heavy atom. The van der Waals surface area contributed by atoms with E-state index in [-0.39, 0.29) is 6.10 Å². The van der Waals surface area contributed by atoms with E-state index in [4.69, 9.17) is 10.5 Å². The number of nitrogens with zero attached hydrogens (tertiary/aromatic N) is 1. The molecule has 4 rings (SSSR count). The lowest BCUT2D eigenvalue weighted by molar-refractivity contribution is 0.242. The molecule has 2 aromatic rings. The van der Waals surface area contributed by atoms with Crippen LogP contribution in [0.25, 0.3) is 11.1 Å². The Morgan fingerprint density at radius 1 is 1.04 bits per heavy atom. The van der Waals surface area contributed by atoms with E-state index in [2.05, 4.69) is 49.1 Å². The average Bonchev–Trinajstić information content (AvgIpc) is 3.22. The summed E-state index contributed by atoms with van der Waals surface area (Å²) in [5, 5.41) is 0. The van der Waals surface area contributed by atoms with Gasteiger partial charge in [0.1, 0.15) is 11.9 Å². The van der Waals surface area contributed by atoms with E-state index >= 15 is 0 Å². The van der Waals surface area contributed by atoms with Crippen LogP contribution in [0.1, 0.15) is 35.1 Å². The van der Waals surface area contributed by atoms with E-state index < -0.39 is 0 Å². The highest BCUT2D eigenvalue weighted by molar-refractivity contribution is 5.75. The van der Waals surface area contributed by atoms with Crippen LogP contribution < -0.4 is 10.5 Å². The Bertz CT molecular complexity index is 778. The highest BCUT2D eigenvalue weighted by Crippen LogP contribution is 2.40. The minimum absolute atomic E-state index is 0.115. The lowest BCUT2D eigenvalue weighted by Crippen LogP contribution is -2.24. The molecule has 0 aliphatic carbocycles. The maximum atomic E-state index is 6.17. The standard InChI is InChI=1S/C22H28N2O/c1-15-7-17(14-24-5-3-4-6-24)11-18(8-15)21-10-16(2)9-19-12-20(13-23)25-22(19)21/h7-11,20H,3-6,12-14,23H2,1-2H3/t20-/m0/s1. The smallest absolute Gasteiger partial charge is 0.130 e. The number of hydrogen-bond acceptors (Lipinski definition) is 3. The second-order valence-electron chi connectivity index (χ2n) is 7.67. The van der Waals surface area contributed by atoms with Crippen LogP contribution in [0, 0.1) is 13.8 Å². The Kier molecular flexibility index (Phi) is 4.53. The first kappa shape index (κ1) is 16.6. The van der Waals surface area contributed by atoms with Crippen LogP contribution in [0.2, 0.25) is 0 Å². The SMILES string of the molecule is Cc1cc(CN2CCCC2)cc(-c2cc(C)cc3c2O[C@H](CN)C3)c1. The van der Waals surface area contributed by atoms with Crippen molar-refractivity contribution in [3.63, 3.8) is 0 Å². The van der Waals surface area contributed by atoms with Gasteiger partial charge in [-0.15, -0.1) is 0 Å². The van der Waals surface area contributed by atoms with Crippen molar-refractivity contribution in [3.8, 4) is 16.9 Å². The Balaban J connectivity index is 1.71. The summed E-state index contributed by atoms with van der Waals surface area (Å²) in [4.78, 5) is 2.56. The first-order chi connectivity index (χ1) is 12.1. The Hall–Kier alpha value is -1.84. The van der Waals surface area contributed by atoms with E-state index in [0.717, 1.165) is 18.7 Å². The van der Waals surface area contributed by atoms with Crippen molar-refractivity contribution < 1.29 is 4.74 Å². The van der Waals surface area contributed by atoms with Gasteiger partial charge in [0.05, 0.1) is 0 Å². The summed E-state index contributed by atoms with van der Waals surface area (Å²) < 4.78 is 6.17. The third-order valence-electron chi connectivity index (χ3n) is 5.36. The van der Waals surface area contributed by atoms with Crippen molar-refractivity contribution in [2.75, 3.05) is 19.6 Å². The average molecular weight is 336 g/mol. The minimum atomic E-state index is 0.115. The van der Waals surface area contributed by atoms with E-state index in [9.17, 15) is 0 Å². The Labute approximate surface area is 150 Å². The van der Waals surface area contributed by atoms with E-state index in [1.54, 1.807) is 0 Å². The van der Waals surface area contributed by atoms with Gasteiger partial charge in [0.25, 0.3) is 0 Å². The zero-order valence-corrected chi connectivity index (χ0v) is 15.3. The molecule has 3 nitrogen and oxygen atoms in total. The van der Waals surface area contributed by atoms with Crippen LogP contribution >= 0.6 is 0 Å². The fourth-order valence-corrected chi connectivity index (χ4v) is 4.25. The highest BCUT2D eigenvalue weighted by atomic mass is 16.5.